The summed E-state index contributed by atoms with van der Waals surface area (Å²) in [5, 5.41) is 3.03. The minimum Gasteiger partial charge on any atom is -0.349 e. The highest BCUT2D eigenvalue weighted by Crippen LogP contribution is 1.94. The summed E-state index contributed by atoms with van der Waals surface area (Å²) in [7, 11) is -4.12. The molecule has 13 heavy (non-hydrogen) atoms. The van der Waals surface area contributed by atoms with Crippen molar-refractivity contribution in [2.75, 3.05) is 6.54 Å². The van der Waals surface area contributed by atoms with E-state index in [1.165, 1.54) is 6.92 Å². The summed E-state index contributed by atoms with van der Waals surface area (Å²) in [6.07, 6.45) is 1.07. The van der Waals surface area contributed by atoms with E-state index in [2.05, 4.69) is 11.9 Å². The number of amides is 1. The molecule has 5 nitrogen and oxygen atoms in total. The molecule has 1 amide bonds. The van der Waals surface area contributed by atoms with E-state index in [4.69, 9.17) is 4.55 Å². The number of hydrogen-bond donors (Lipinski definition) is 2. The zero-order valence-corrected chi connectivity index (χ0v) is 7.97. The number of carbonyl (C=O) groups is 1. The van der Waals surface area contributed by atoms with E-state index >= 15 is 0 Å². The molecule has 0 bridgehead atoms. The van der Waals surface area contributed by atoms with Crippen LogP contribution in [0.4, 0.5) is 0 Å². The van der Waals surface area contributed by atoms with E-state index in [0.717, 1.165) is 6.08 Å². The number of carbonyl (C=O) groups excluding carboxylic acids is 1. The minimum atomic E-state index is -4.12. The molecule has 0 spiro atoms. The summed E-state index contributed by atoms with van der Waals surface area (Å²) in [5.74, 6) is -0.400. The quantitative estimate of drug-likeness (QED) is 0.503. The van der Waals surface area contributed by atoms with Crippen molar-refractivity contribution in [2.24, 2.45) is 0 Å². The Labute approximate surface area is 76.9 Å². The monoisotopic (exact) mass is 205 g/mol. The molecule has 0 rings (SSSR count). The maximum atomic E-state index is 10.6. The molecule has 74 valence electrons. The van der Waals surface area contributed by atoms with Crippen LogP contribution in [0.3, 0.4) is 0 Å². The fourth-order valence-electron chi connectivity index (χ4n) is 0.595. The van der Waals surface area contributed by atoms with Gasteiger partial charge >= 0.3 is 0 Å². The van der Waals surface area contributed by atoms with E-state index in [1.54, 1.807) is 0 Å². The van der Waals surface area contributed by atoms with E-state index in [0.29, 0.717) is 11.0 Å². The largest absolute Gasteiger partial charge is 0.349 e. The van der Waals surface area contributed by atoms with Crippen molar-refractivity contribution in [1.29, 1.82) is 0 Å². The molecule has 0 aromatic heterocycles. The first kappa shape index (κ1) is 11.9. The van der Waals surface area contributed by atoms with Gasteiger partial charge in [-0.3, -0.25) is 9.35 Å². The van der Waals surface area contributed by atoms with Crippen LogP contribution in [-0.2, 0) is 14.9 Å². The molecule has 0 heterocycles. The predicted octanol–water partition coefficient (Wildman–Crippen LogP) is 0.0802. The zero-order valence-electron chi connectivity index (χ0n) is 7.15. The van der Waals surface area contributed by atoms with Crippen molar-refractivity contribution in [2.45, 2.75) is 6.92 Å². The molecule has 0 aliphatic rings. The molecule has 0 unspecified atom stereocenters. The molecule has 0 saturated carbocycles. The predicted molar refractivity (Wildman–Crippen MR) is 48.5 cm³/mol. The van der Waals surface area contributed by atoms with Crippen LogP contribution in [0.5, 0.6) is 0 Å². The van der Waals surface area contributed by atoms with Gasteiger partial charge in [0.05, 0.1) is 5.41 Å². The van der Waals surface area contributed by atoms with E-state index < -0.39 is 16.0 Å². The Morgan fingerprint density at radius 1 is 1.62 bits per heavy atom. The van der Waals surface area contributed by atoms with Gasteiger partial charge in [-0.05, 0) is 18.6 Å². The second kappa shape index (κ2) is 4.78. The summed E-state index contributed by atoms with van der Waals surface area (Å²) < 4.78 is 29.0. The van der Waals surface area contributed by atoms with Crippen LogP contribution in [-0.4, -0.2) is 25.4 Å². The lowest BCUT2D eigenvalue weighted by molar-refractivity contribution is -0.116. The molecule has 0 atom stereocenters. The molecule has 0 fully saturated rings. The lowest BCUT2D eigenvalue weighted by Gasteiger charge is -2.00. The smallest absolute Gasteiger partial charge is 0.287 e. The third-order valence-corrected chi connectivity index (χ3v) is 1.78. The van der Waals surface area contributed by atoms with Crippen LogP contribution in [0.1, 0.15) is 6.92 Å². The summed E-state index contributed by atoms with van der Waals surface area (Å²) in [6.45, 7) is 4.74. The first-order valence-corrected chi connectivity index (χ1v) is 4.90. The highest BCUT2D eigenvalue weighted by Gasteiger charge is 2.00. The van der Waals surface area contributed by atoms with Gasteiger partial charge in [0.1, 0.15) is 0 Å². The van der Waals surface area contributed by atoms with E-state index in [9.17, 15) is 13.2 Å². The van der Waals surface area contributed by atoms with Gasteiger partial charge in [0.15, 0.2) is 0 Å². The molecule has 0 saturated heterocycles. The van der Waals surface area contributed by atoms with Gasteiger partial charge in [-0.2, -0.15) is 8.42 Å². The van der Waals surface area contributed by atoms with Crippen LogP contribution in [0.2, 0.25) is 0 Å². The highest BCUT2D eigenvalue weighted by atomic mass is 32.2. The van der Waals surface area contributed by atoms with Gasteiger partial charge in [-0.25, -0.2) is 0 Å². The highest BCUT2D eigenvalue weighted by molar-refractivity contribution is 7.88. The SMILES string of the molecule is C=CC(=O)NC/C(C)=C/S(=O)(=O)O. The van der Waals surface area contributed by atoms with Crippen LogP contribution >= 0.6 is 0 Å². The zero-order chi connectivity index (χ0) is 10.5. The summed E-state index contributed by atoms with van der Waals surface area (Å²) in [5.41, 5.74) is 0.331. The number of hydrogen-bond acceptors (Lipinski definition) is 3. The molecular formula is C7H11NO4S. The fourth-order valence-corrected chi connectivity index (χ4v) is 1.19. The van der Waals surface area contributed by atoms with Gasteiger partial charge in [0, 0.05) is 6.54 Å². The van der Waals surface area contributed by atoms with E-state index in [1.807, 2.05) is 0 Å². The van der Waals surface area contributed by atoms with Gasteiger partial charge in [0.25, 0.3) is 10.1 Å². The molecule has 2 N–H and O–H groups in total. The van der Waals surface area contributed by atoms with Gasteiger partial charge in [-0.1, -0.05) is 6.58 Å². The molecule has 0 radical (unpaired) electrons. The van der Waals surface area contributed by atoms with Gasteiger partial charge in [-0.15, -0.1) is 0 Å². The van der Waals surface area contributed by atoms with Crippen molar-refractivity contribution in [3.63, 3.8) is 0 Å². The van der Waals surface area contributed by atoms with Crippen molar-refractivity contribution in [3.8, 4) is 0 Å². The average molecular weight is 205 g/mol. The van der Waals surface area contributed by atoms with Crippen LogP contribution in [0, 0.1) is 0 Å². The van der Waals surface area contributed by atoms with Crippen molar-refractivity contribution >= 4 is 16.0 Å². The molecular weight excluding hydrogens is 194 g/mol. The van der Waals surface area contributed by atoms with Crippen LogP contribution in [0.15, 0.2) is 23.6 Å². The number of nitrogens with one attached hydrogen (secondary N) is 1. The summed E-state index contributed by atoms with van der Waals surface area (Å²) >= 11 is 0. The fraction of sp³-hybridized carbons (Fsp3) is 0.286. The second-order valence-electron chi connectivity index (χ2n) is 2.40. The minimum absolute atomic E-state index is 0.0602. The lowest BCUT2D eigenvalue weighted by Crippen LogP contribution is -2.22. The molecule has 0 aliphatic carbocycles. The van der Waals surface area contributed by atoms with Gasteiger partial charge < -0.3 is 5.32 Å². The first-order valence-electron chi connectivity index (χ1n) is 3.40. The Kier molecular flexibility index (Phi) is 4.36. The first-order chi connectivity index (χ1) is 5.85. The topological polar surface area (TPSA) is 83.5 Å². The van der Waals surface area contributed by atoms with Crippen molar-refractivity contribution < 1.29 is 17.8 Å². The van der Waals surface area contributed by atoms with Crippen molar-refractivity contribution in [1.82, 2.24) is 5.32 Å². The standard InChI is InChI=1S/C7H11NO4S/c1-3-7(9)8-4-6(2)5-13(10,11)12/h3,5H,1,4H2,2H3,(H,8,9)(H,10,11,12)/b6-5+. The third-order valence-electron chi connectivity index (χ3n) is 1.08. The maximum Gasteiger partial charge on any atom is 0.287 e. The molecule has 0 aromatic rings. The Balaban J connectivity index is 4.17. The Morgan fingerprint density at radius 2 is 2.15 bits per heavy atom. The summed E-state index contributed by atoms with van der Waals surface area (Å²) in [6, 6.07) is 0. The second-order valence-corrected chi connectivity index (χ2v) is 3.67. The molecule has 0 aliphatic heterocycles. The summed E-state index contributed by atoms with van der Waals surface area (Å²) in [4.78, 5) is 10.6. The number of rotatable bonds is 4. The molecule has 0 aromatic carbocycles. The van der Waals surface area contributed by atoms with E-state index in [-0.39, 0.29) is 6.54 Å². The average Bonchev–Trinajstić information content (AvgIpc) is 1.97. The Hall–Kier alpha value is -1.14. The Morgan fingerprint density at radius 3 is 2.54 bits per heavy atom. The third kappa shape index (κ3) is 7.23. The lowest BCUT2D eigenvalue weighted by atomic mass is 10.3. The molecule has 6 heteroatoms. The van der Waals surface area contributed by atoms with Crippen molar-refractivity contribution in [3.05, 3.63) is 23.6 Å². The van der Waals surface area contributed by atoms with Gasteiger partial charge in [0.2, 0.25) is 5.91 Å². The van der Waals surface area contributed by atoms with Crippen LogP contribution < -0.4 is 5.32 Å². The maximum absolute atomic E-state index is 10.6. The normalized spacial score (nSPS) is 12.3. The van der Waals surface area contributed by atoms with Crippen LogP contribution in [0.25, 0.3) is 0 Å². The Bertz CT molecular complexity index is 328.